The van der Waals surface area contributed by atoms with Gasteiger partial charge in [-0.15, -0.1) is 0 Å². The van der Waals surface area contributed by atoms with Crippen molar-refractivity contribution < 1.29 is 19.1 Å². The highest BCUT2D eigenvalue weighted by Crippen LogP contribution is 2.38. The summed E-state index contributed by atoms with van der Waals surface area (Å²) in [6.45, 7) is 7.29. The van der Waals surface area contributed by atoms with Gasteiger partial charge in [-0.3, -0.25) is 14.6 Å². The van der Waals surface area contributed by atoms with Gasteiger partial charge in [0.1, 0.15) is 5.54 Å². The van der Waals surface area contributed by atoms with E-state index in [2.05, 4.69) is 41.4 Å². The van der Waals surface area contributed by atoms with Crippen molar-refractivity contribution in [2.24, 2.45) is 5.92 Å². The van der Waals surface area contributed by atoms with Crippen molar-refractivity contribution in [3.63, 3.8) is 0 Å². The van der Waals surface area contributed by atoms with Crippen LogP contribution in [0.25, 0.3) is 0 Å². The molecule has 0 spiro atoms. The summed E-state index contributed by atoms with van der Waals surface area (Å²) in [7, 11) is 0. The fraction of sp³-hybridized carbons (Fsp3) is 0.462. The van der Waals surface area contributed by atoms with Crippen LogP contribution in [0.3, 0.4) is 0 Å². The van der Waals surface area contributed by atoms with Crippen LogP contribution in [0.4, 0.5) is 4.79 Å². The first kappa shape index (κ1) is 21.8. The van der Waals surface area contributed by atoms with Gasteiger partial charge in [-0.2, -0.15) is 0 Å². The normalized spacial score (nSPS) is 23.3. The summed E-state index contributed by atoms with van der Waals surface area (Å²) in [5.41, 5.74) is 2.61. The van der Waals surface area contributed by atoms with Gasteiger partial charge in [-0.1, -0.05) is 42.8 Å². The minimum atomic E-state index is -0.816. The lowest BCUT2D eigenvalue weighted by atomic mass is 9.75. The summed E-state index contributed by atoms with van der Waals surface area (Å²) in [6.07, 6.45) is 2.38. The Labute approximate surface area is 194 Å². The number of fused-ring (bicyclic) bond motifs is 1. The molecular formula is C26H31N3O4. The SMILES string of the molecule is CCC1(C2CCN(Cc3ccc(C)cc3)CC2)NC(=O)N(Cc2ccc3c(c2)OCO3)C1=O. The van der Waals surface area contributed by atoms with Crippen LogP contribution < -0.4 is 14.8 Å². The van der Waals surface area contributed by atoms with Crippen LogP contribution in [-0.4, -0.2) is 47.2 Å². The van der Waals surface area contributed by atoms with Gasteiger partial charge in [-0.05, 0) is 68.5 Å². The summed E-state index contributed by atoms with van der Waals surface area (Å²) < 4.78 is 10.8. The second-order valence-electron chi connectivity index (χ2n) is 9.37. The van der Waals surface area contributed by atoms with Crippen LogP contribution in [0.1, 0.15) is 42.9 Å². The third-order valence-electron chi connectivity index (χ3n) is 7.35. The zero-order valence-corrected chi connectivity index (χ0v) is 19.3. The largest absolute Gasteiger partial charge is 0.454 e. The maximum absolute atomic E-state index is 13.6. The van der Waals surface area contributed by atoms with E-state index in [1.165, 1.54) is 16.0 Å². The number of amides is 3. The van der Waals surface area contributed by atoms with E-state index >= 15 is 0 Å². The smallest absolute Gasteiger partial charge is 0.325 e. The number of likely N-dealkylation sites (tertiary alicyclic amines) is 1. The van der Waals surface area contributed by atoms with Crippen molar-refractivity contribution in [3.8, 4) is 11.5 Å². The molecule has 174 valence electrons. The third kappa shape index (κ3) is 4.06. The molecule has 5 rings (SSSR count). The molecule has 1 atom stereocenters. The summed E-state index contributed by atoms with van der Waals surface area (Å²) >= 11 is 0. The van der Waals surface area contributed by atoms with Gasteiger partial charge < -0.3 is 14.8 Å². The number of rotatable bonds is 6. The lowest BCUT2D eigenvalue weighted by Gasteiger charge is -2.40. The molecule has 3 amide bonds. The molecule has 3 heterocycles. The second kappa shape index (κ2) is 8.71. The molecule has 0 aromatic heterocycles. The van der Waals surface area contributed by atoms with Crippen LogP contribution in [0.2, 0.25) is 0 Å². The lowest BCUT2D eigenvalue weighted by Crippen LogP contribution is -2.55. The number of carbonyl (C=O) groups is 2. The molecule has 0 aliphatic carbocycles. The van der Waals surface area contributed by atoms with E-state index in [4.69, 9.17) is 9.47 Å². The molecule has 2 saturated heterocycles. The average Bonchev–Trinajstić information content (AvgIpc) is 3.39. The van der Waals surface area contributed by atoms with Gasteiger partial charge in [0.15, 0.2) is 11.5 Å². The first-order valence-corrected chi connectivity index (χ1v) is 11.8. The van der Waals surface area contributed by atoms with E-state index < -0.39 is 5.54 Å². The zero-order chi connectivity index (χ0) is 23.0. The Morgan fingerprint density at radius 3 is 2.39 bits per heavy atom. The molecular weight excluding hydrogens is 418 g/mol. The molecule has 1 N–H and O–H groups in total. The molecule has 2 fully saturated rings. The van der Waals surface area contributed by atoms with Gasteiger partial charge in [0.05, 0.1) is 6.54 Å². The number of carbonyl (C=O) groups excluding carboxylic acids is 2. The Kier molecular flexibility index (Phi) is 5.74. The summed E-state index contributed by atoms with van der Waals surface area (Å²) in [4.78, 5) is 30.3. The van der Waals surface area contributed by atoms with Gasteiger partial charge in [0.2, 0.25) is 6.79 Å². The van der Waals surface area contributed by atoms with Crippen molar-refractivity contribution in [1.82, 2.24) is 15.1 Å². The van der Waals surface area contributed by atoms with E-state index in [-0.39, 0.29) is 31.2 Å². The number of aryl methyl sites for hydroxylation is 1. The van der Waals surface area contributed by atoms with Crippen molar-refractivity contribution >= 4 is 11.9 Å². The molecule has 1 unspecified atom stereocenters. The van der Waals surface area contributed by atoms with E-state index in [1.54, 1.807) is 0 Å². The fourth-order valence-corrected chi connectivity index (χ4v) is 5.35. The van der Waals surface area contributed by atoms with Gasteiger partial charge in [-0.25, -0.2) is 4.79 Å². The topological polar surface area (TPSA) is 71.1 Å². The van der Waals surface area contributed by atoms with Crippen LogP contribution >= 0.6 is 0 Å². The highest BCUT2D eigenvalue weighted by Gasteiger charge is 2.54. The third-order valence-corrected chi connectivity index (χ3v) is 7.35. The summed E-state index contributed by atoms with van der Waals surface area (Å²) in [5.74, 6) is 1.37. The lowest BCUT2D eigenvalue weighted by molar-refractivity contribution is -0.134. The Morgan fingerprint density at radius 1 is 0.970 bits per heavy atom. The number of nitrogens with one attached hydrogen (secondary N) is 1. The molecule has 7 nitrogen and oxygen atoms in total. The van der Waals surface area contributed by atoms with Gasteiger partial charge in [0, 0.05) is 6.54 Å². The Balaban J connectivity index is 1.25. The minimum Gasteiger partial charge on any atom is -0.454 e. The molecule has 0 bridgehead atoms. The number of benzene rings is 2. The highest BCUT2D eigenvalue weighted by molar-refractivity contribution is 6.07. The molecule has 7 heteroatoms. The molecule has 3 aliphatic heterocycles. The van der Waals surface area contributed by atoms with Crippen molar-refractivity contribution in [2.75, 3.05) is 19.9 Å². The number of hydrogen-bond acceptors (Lipinski definition) is 5. The number of urea groups is 1. The fourth-order valence-electron chi connectivity index (χ4n) is 5.35. The Morgan fingerprint density at radius 2 is 1.67 bits per heavy atom. The van der Waals surface area contributed by atoms with Gasteiger partial charge >= 0.3 is 6.03 Å². The summed E-state index contributed by atoms with van der Waals surface area (Å²) in [6, 6.07) is 13.9. The minimum absolute atomic E-state index is 0.107. The second-order valence-corrected chi connectivity index (χ2v) is 9.37. The molecule has 3 aliphatic rings. The van der Waals surface area contributed by atoms with Crippen LogP contribution in [0.5, 0.6) is 11.5 Å². The Bertz CT molecular complexity index is 1050. The number of piperidine rings is 1. The number of imide groups is 1. The van der Waals surface area contributed by atoms with Crippen molar-refractivity contribution in [1.29, 1.82) is 0 Å². The zero-order valence-electron chi connectivity index (χ0n) is 19.3. The van der Waals surface area contributed by atoms with E-state index in [0.717, 1.165) is 38.0 Å². The van der Waals surface area contributed by atoms with E-state index in [9.17, 15) is 9.59 Å². The standard InChI is InChI=1S/C26H31N3O4/c1-3-26(21-10-12-28(13-11-21)15-19-6-4-18(2)5-7-19)24(30)29(25(31)27-26)16-20-8-9-22-23(14-20)33-17-32-22/h4-9,14,21H,3,10-13,15-17H2,1-2H3,(H,27,31). The van der Waals surface area contributed by atoms with E-state index in [1.807, 2.05) is 25.1 Å². The van der Waals surface area contributed by atoms with Crippen molar-refractivity contribution in [2.45, 2.75) is 51.7 Å². The number of hydrogen-bond donors (Lipinski definition) is 1. The maximum Gasteiger partial charge on any atom is 0.325 e. The van der Waals surface area contributed by atoms with Crippen LogP contribution in [0.15, 0.2) is 42.5 Å². The maximum atomic E-state index is 13.6. The quantitative estimate of drug-likeness (QED) is 0.679. The molecule has 0 radical (unpaired) electrons. The predicted molar refractivity (Wildman–Crippen MR) is 124 cm³/mol. The molecule has 2 aromatic rings. The highest BCUT2D eigenvalue weighted by atomic mass is 16.7. The number of nitrogens with zero attached hydrogens (tertiary/aromatic N) is 2. The Hall–Kier alpha value is -3.06. The average molecular weight is 450 g/mol. The van der Waals surface area contributed by atoms with E-state index in [0.29, 0.717) is 17.9 Å². The first-order chi connectivity index (χ1) is 16.0. The van der Waals surface area contributed by atoms with Crippen LogP contribution in [-0.2, 0) is 17.9 Å². The van der Waals surface area contributed by atoms with Crippen LogP contribution in [0, 0.1) is 12.8 Å². The molecule has 0 saturated carbocycles. The molecule has 2 aromatic carbocycles. The van der Waals surface area contributed by atoms with Crippen molar-refractivity contribution in [3.05, 3.63) is 59.2 Å². The predicted octanol–water partition coefficient (Wildman–Crippen LogP) is 3.84. The summed E-state index contributed by atoms with van der Waals surface area (Å²) in [5, 5.41) is 3.09. The molecule has 33 heavy (non-hydrogen) atoms. The first-order valence-electron chi connectivity index (χ1n) is 11.8. The number of ether oxygens (including phenoxy) is 2. The van der Waals surface area contributed by atoms with Gasteiger partial charge in [0.25, 0.3) is 5.91 Å². The monoisotopic (exact) mass is 449 g/mol.